The molecule has 0 fully saturated rings. The maximum atomic E-state index is 13.7. The molecule has 0 saturated heterocycles. The summed E-state index contributed by atoms with van der Waals surface area (Å²) in [5.41, 5.74) is 0.743. The number of anilines is 1. The van der Waals surface area contributed by atoms with E-state index >= 15 is 0 Å². The van der Waals surface area contributed by atoms with Crippen LogP contribution in [0.15, 0.2) is 36.5 Å². The molecule has 154 valence electrons. The highest BCUT2D eigenvalue weighted by Crippen LogP contribution is 2.61. The van der Waals surface area contributed by atoms with Crippen LogP contribution in [0.25, 0.3) is 0 Å². The molecular formula is C20H29N2O5P. The highest BCUT2D eigenvalue weighted by molar-refractivity contribution is 7.54. The predicted octanol–water partition coefficient (Wildman–Crippen LogP) is 4.55. The van der Waals surface area contributed by atoms with Gasteiger partial charge in [-0.2, -0.15) is 0 Å². The van der Waals surface area contributed by atoms with E-state index in [4.69, 9.17) is 13.8 Å². The zero-order valence-corrected chi connectivity index (χ0v) is 18.0. The standard InChI is InChI=1S/C20H29N2O5P/c1-6-26-28(24,27-7-2)18(14-22(4)19-10-8-9-11-21-19)16-12-15(3)20(23)17(13-16)25-5/h8-13,18,23H,6-7,14H2,1-5H3. The van der Waals surface area contributed by atoms with Gasteiger partial charge < -0.3 is 23.8 Å². The van der Waals surface area contributed by atoms with Crippen LogP contribution in [-0.4, -0.2) is 44.0 Å². The average molecular weight is 408 g/mol. The highest BCUT2D eigenvalue weighted by Gasteiger charge is 2.38. The summed E-state index contributed by atoms with van der Waals surface area (Å²) >= 11 is 0. The van der Waals surface area contributed by atoms with Gasteiger partial charge in [0.2, 0.25) is 0 Å². The van der Waals surface area contributed by atoms with E-state index in [9.17, 15) is 9.67 Å². The van der Waals surface area contributed by atoms with Crippen LogP contribution in [-0.2, 0) is 13.6 Å². The van der Waals surface area contributed by atoms with Gasteiger partial charge >= 0.3 is 7.60 Å². The first-order valence-electron chi connectivity index (χ1n) is 9.24. The van der Waals surface area contributed by atoms with Gasteiger partial charge in [-0.1, -0.05) is 12.1 Å². The van der Waals surface area contributed by atoms with Gasteiger partial charge in [0.1, 0.15) is 11.5 Å². The maximum Gasteiger partial charge on any atom is 0.339 e. The molecule has 0 aliphatic heterocycles. The third kappa shape index (κ3) is 5.04. The summed E-state index contributed by atoms with van der Waals surface area (Å²) in [6.45, 7) is 6.21. The van der Waals surface area contributed by atoms with Crippen LogP contribution in [0.3, 0.4) is 0 Å². The number of hydrogen-bond acceptors (Lipinski definition) is 7. The highest BCUT2D eigenvalue weighted by atomic mass is 31.2. The monoisotopic (exact) mass is 408 g/mol. The van der Waals surface area contributed by atoms with Crippen molar-refractivity contribution in [1.29, 1.82) is 0 Å². The number of phenolic OH excluding ortho intramolecular Hbond substituents is 1. The van der Waals surface area contributed by atoms with Crippen molar-refractivity contribution in [2.24, 2.45) is 0 Å². The quantitative estimate of drug-likeness (QED) is 0.578. The predicted molar refractivity (Wildman–Crippen MR) is 111 cm³/mol. The van der Waals surface area contributed by atoms with Crippen molar-refractivity contribution < 1.29 is 23.5 Å². The van der Waals surface area contributed by atoms with E-state index in [0.29, 0.717) is 23.4 Å². The molecular weight excluding hydrogens is 379 g/mol. The van der Waals surface area contributed by atoms with Gasteiger partial charge in [-0.15, -0.1) is 0 Å². The second-order valence-electron chi connectivity index (χ2n) is 6.35. The Morgan fingerprint density at radius 2 is 1.89 bits per heavy atom. The molecule has 0 aliphatic carbocycles. The summed E-state index contributed by atoms with van der Waals surface area (Å²) < 4.78 is 30.3. The molecule has 1 N–H and O–H groups in total. The summed E-state index contributed by atoms with van der Waals surface area (Å²) in [4.78, 5) is 6.26. The van der Waals surface area contributed by atoms with Gasteiger partial charge in [0.15, 0.2) is 11.5 Å². The molecule has 1 unspecified atom stereocenters. The molecule has 1 heterocycles. The van der Waals surface area contributed by atoms with Gasteiger partial charge in [0, 0.05) is 19.8 Å². The summed E-state index contributed by atoms with van der Waals surface area (Å²) in [6, 6.07) is 9.09. The normalized spacial score (nSPS) is 12.6. The summed E-state index contributed by atoms with van der Waals surface area (Å²) in [7, 11) is -0.136. The first kappa shape index (κ1) is 22.2. The fourth-order valence-electron chi connectivity index (χ4n) is 3.02. The summed E-state index contributed by atoms with van der Waals surface area (Å²) in [5.74, 6) is 1.13. The first-order valence-corrected chi connectivity index (χ1v) is 10.9. The van der Waals surface area contributed by atoms with E-state index in [1.54, 1.807) is 39.1 Å². The van der Waals surface area contributed by atoms with Crippen molar-refractivity contribution >= 4 is 13.4 Å². The van der Waals surface area contributed by atoms with Gasteiger partial charge in [-0.3, -0.25) is 4.57 Å². The Kier molecular flexibility index (Phi) is 7.87. The van der Waals surface area contributed by atoms with Gasteiger partial charge in [-0.05, 0) is 50.1 Å². The van der Waals surface area contributed by atoms with Crippen LogP contribution in [0, 0.1) is 6.92 Å². The average Bonchev–Trinajstić information content (AvgIpc) is 2.69. The zero-order valence-electron chi connectivity index (χ0n) is 17.1. The van der Waals surface area contributed by atoms with E-state index in [0.717, 1.165) is 5.82 Å². The van der Waals surface area contributed by atoms with Crippen molar-refractivity contribution in [3.05, 3.63) is 47.7 Å². The molecule has 0 radical (unpaired) electrons. The lowest BCUT2D eigenvalue weighted by Gasteiger charge is -2.31. The van der Waals surface area contributed by atoms with Crippen LogP contribution in [0.4, 0.5) is 5.82 Å². The number of ether oxygens (including phenoxy) is 1. The molecule has 28 heavy (non-hydrogen) atoms. The lowest BCUT2D eigenvalue weighted by molar-refractivity contribution is 0.212. The summed E-state index contributed by atoms with van der Waals surface area (Å²) in [6.07, 6.45) is 1.71. The van der Waals surface area contributed by atoms with E-state index in [-0.39, 0.29) is 19.0 Å². The Labute approximate surface area is 166 Å². The molecule has 0 spiro atoms. The largest absolute Gasteiger partial charge is 0.504 e. The van der Waals surface area contributed by atoms with Gasteiger partial charge in [0.05, 0.1) is 20.3 Å². The minimum absolute atomic E-state index is 0.0609. The Balaban J connectivity index is 2.52. The Bertz CT molecular complexity index is 806. The molecule has 1 aromatic heterocycles. The molecule has 0 aliphatic rings. The number of nitrogens with zero attached hydrogens (tertiary/aromatic N) is 2. The lowest BCUT2D eigenvalue weighted by atomic mass is 10.1. The molecule has 2 aromatic rings. The number of hydrogen-bond donors (Lipinski definition) is 1. The lowest BCUT2D eigenvalue weighted by Crippen LogP contribution is -2.26. The van der Waals surface area contributed by atoms with Crippen molar-refractivity contribution in [3.63, 3.8) is 0 Å². The van der Waals surface area contributed by atoms with Crippen LogP contribution in [0.5, 0.6) is 11.5 Å². The molecule has 0 bridgehead atoms. The number of aromatic hydroxyl groups is 1. The van der Waals surface area contributed by atoms with Crippen LogP contribution in [0.1, 0.15) is 30.6 Å². The topological polar surface area (TPSA) is 81.1 Å². The minimum atomic E-state index is -3.50. The number of aromatic nitrogens is 1. The number of likely N-dealkylation sites (N-methyl/N-ethyl adjacent to an activating group) is 1. The van der Waals surface area contributed by atoms with Gasteiger partial charge in [-0.25, -0.2) is 4.98 Å². The number of pyridine rings is 1. The Morgan fingerprint density at radius 1 is 1.21 bits per heavy atom. The first-order chi connectivity index (χ1) is 13.4. The van der Waals surface area contributed by atoms with Gasteiger partial charge in [0.25, 0.3) is 0 Å². The van der Waals surface area contributed by atoms with E-state index < -0.39 is 13.3 Å². The SMILES string of the molecule is CCOP(=O)(OCC)C(CN(C)c1ccccn1)c1cc(C)c(O)c(OC)c1. The van der Waals surface area contributed by atoms with Crippen LogP contribution in [0.2, 0.25) is 0 Å². The smallest absolute Gasteiger partial charge is 0.339 e. The second-order valence-corrected chi connectivity index (χ2v) is 8.57. The van der Waals surface area contributed by atoms with E-state index in [1.165, 1.54) is 7.11 Å². The van der Waals surface area contributed by atoms with Crippen LogP contribution >= 0.6 is 7.60 Å². The molecule has 1 aromatic carbocycles. The maximum absolute atomic E-state index is 13.7. The number of aryl methyl sites for hydroxylation is 1. The Hall–Kier alpha value is -2.08. The zero-order chi connectivity index (χ0) is 20.7. The van der Waals surface area contributed by atoms with Crippen LogP contribution < -0.4 is 9.64 Å². The third-order valence-corrected chi connectivity index (χ3v) is 6.84. The number of phenols is 1. The molecule has 8 heteroatoms. The van der Waals surface area contributed by atoms with E-state index in [1.807, 2.05) is 30.1 Å². The molecule has 0 amide bonds. The van der Waals surface area contributed by atoms with Crippen molar-refractivity contribution in [2.75, 3.05) is 38.8 Å². The molecule has 0 saturated carbocycles. The number of rotatable bonds is 10. The van der Waals surface area contributed by atoms with Crippen molar-refractivity contribution in [2.45, 2.75) is 26.4 Å². The summed E-state index contributed by atoms with van der Waals surface area (Å²) in [5, 5.41) is 10.2. The Morgan fingerprint density at radius 3 is 2.43 bits per heavy atom. The molecule has 2 rings (SSSR count). The third-order valence-electron chi connectivity index (χ3n) is 4.38. The fourth-order valence-corrected chi connectivity index (χ4v) is 5.13. The second kappa shape index (κ2) is 9.92. The van der Waals surface area contributed by atoms with E-state index in [2.05, 4.69) is 4.98 Å². The van der Waals surface area contributed by atoms with Crippen molar-refractivity contribution in [1.82, 2.24) is 4.98 Å². The number of benzene rings is 1. The fraction of sp³-hybridized carbons (Fsp3) is 0.450. The van der Waals surface area contributed by atoms with Crippen molar-refractivity contribution in [3.8, 4) is 11.5 Å². The molecule has 7 nitrogen and oxygen atoms in total. The minimum Gasteiger partial charge on any atom is -0.504 e. The number of methoxy groups -OCH3 is 1. The molecule has 1 atom stereocenters.